The lowest BCUT2D eigenvalue weighted by Crippen LogP contribution is -2.27. The van der Waals surface area contributed by atoms with Crippen molar-refractivity contribution in [1.29, 1.82) is 0 Å². The number of nitrogens with zero attached hydrogens (tertiary/aromatic N) is 1. The molecule has 1 aromatic heterocycles. The number of rotatable bonds is 4. The van der Waals surface area contributed by atoms with E-state index in [0.717, 1.165) is 30.8 Å². The first-order valence-corrected chi connectivity index (χ1v) is 7.12. The lowest BCUT2D eigenvalue weighted by molar-refractivity contribution is -0.116. The minimum Gasteiger partial charge on any atom is -0.326 e. The Morgan fingerprint density at radius 3 is 2.76 bits per heavy atom. The van der Waals surface area contributed by atoms with Gasteiger partial charge in [0.1, 0.15) is 0 Å². The molecule has 0 aliphatic carbocycles. The summed E-state index contributed by atoms with van der Waals surface area (Å²) < 4.78 is 1.51. The van der Waals surface area contributed by atoms with Crippen LogP contribution >= 0.6 is 0 Å². The number of H-pyrrole nitrogens is 1. The summed E-state index contributed by atoms with van der Waals surface area (Å²) in [5, 5.41) is 6.19. The van der Waals surface area contributed by atoms with Crippen LogP contribution in [0.5, 0.6) is 0 Å². The lowest BCUT2D eigenvalue weighted by Gasteiger charge is -2.10. The second kappa shape index (κ2) is 5.97. The van der Waals surface area contributed by atoms with Gasteiger partial charge in [-0.1, -0.05) is 0 Å². The van der Waals surface area contributed by atoms with Gasteiger partial charge < -0.3 is 15.6 Å². The van der Waals surface area contributed by atoms with Crippen molar-refractivity contribution in [3.05, 3.63) is 47.1 Å². The largest absolute Gasteiger partial charge is 0.330 e. The fourth-order valence-electron chi connectivity index (χ4n) is 2.60. The van der Waals surface area contributed by atoms with Crippen molar-refractivity contribution < 1.29 is 4.79 Å². The third kappa shape index (κ3) is 3.22. The fourth-order valence-corrected chi connectivity index (χ4v) is 2.60. The van der Waals surface area contributed by atoms with Crippen molar-refractivity contribution >= 4 is 11.6 Å². The maximum Gasteiger partial charge on any atom is 0.330 e. The zero-order chi connectivity index (χ0) is 14.7. The number of nitrogens with one attached hydrogen (secondary N) is 3. The number of aromatic nitrogens is 2. The minimum atomic E-state index is -0.181. The first-order chi connectivity index (χ1) is 10.2. The molecule has 0 spiro atoms. The van der Waals surface area contributed by atoms with E-state index < -0.39 is 0 Å². The maximum absolute atomic E-state index is 11.9. The zero-order valence-corrected chi connectivity index (χ0v) is 11.6. The second-order valence-electron chi connectivity index (χ2n) is 5.23. The molecule has 3 rings (SSSR count). The minimum absolute atomic E-state index is 0.0148. The van der Waals surface area contributed by atoms with Crippen LogP contribution in [0.25, 0.3) is 5.69 Å². The first-order valence-electron chi connectivity index (χ1n) is 7.12. The molecule has 1 aromatic carbocycles. The first kappa shape index (κ1) is 13.6. The highest BCUT2D eigenvalue weighted by Gasteiger charge is 2.17. The van der Waals surface area contributed by atoms with Gasteiger partial charge in [-0.05, 0) is 43.7 Å². The molecule has 1 aliphatic rings. The van der Waals surface area contributed by atoms with Crippen molar-refractivity contribution in [2.24, 2.45) is 0 Å². The van der Waals surface area contributed by atoms with Gasteiger partial charge in [-0.2, -0.15) is 0 Å². The molecule has 2 aromatic rings. The Morgan fingerprint density at radius 2 is 2.14 bits per heavy atom. The molecule has 1 aliphatic heterocycles. The topological polar surface area (TPSA) is 78.9 Å². The standard InChI is InChI=1S/C15H18N4O2/c20-14(10-12-2-1-7-16-12)18-11-3-5-13(6-4-11)19-9-8-17-15(19)21/h3-6,8-9,12,16H,1-2,7,10H2,(H,17,21)(H,18,20). The Hall–Kier alpha value is -2.34. The highest BCUT2D eigenvalue weighted by Crippen LogP contribution is 2.14. The van der Waals surface area contributed by atoms with Gasteiger partial charge in [0.2, 0.25) is 5.91 Å². The molecule has 3 N–H and O–H groups in total. The number of carbonyl (C=O) groups excluding carboxylic acids is 1. The maximum atomic E-state index is 11.9. The van der Waals surface area contributed by atoms with E-state index >= 15 is 0 Å². The Kier molecular flexibility index (Phi) is 3.87. The Morgan fingerprint density at radius 1 is 1.33 bits per heavy atom. The van der Waals surface area contributed by atoms with E-state index in [1.54, 1.807) is 36.7 Å². The van der Waals surface area contributed by atoms with E-state index in [1.165, 1.54) is 4.57 Å². The highest BCUT2D eigenvalue weighted by molar-refractivity contribution is 5.91. The van der Waals surface area contributed by atoms with Crippen molar-refractivity contribution in [2.75, 3.05) is 11.9 Å². The van der Waals surface area contributed by atoms with Crippen LogP contribution in [0, 0.1) is 0 Å². The summed E-state index contributed by atoms with van der Waals surface area (Å²) in [6.07, 6.45) is 5.95. The molecule has 0 saturated carbocycles. The summed E-state index contributed by atoms with van der Waals surface area (Å²) in [5.74, 6) is 0.0148. The van der Waals surface area contributed by atoms with Gasteiger partial charge >= 0.3 is 5.69 Å². The average molecular weight is 286 g/mol. The Balaban J connectivity index is 1.63. The average Bonchev–Trinajstić information content (AvgIpc) is 3.11. The van der Waals surface area contributed by atoms with E-state index in [0.29, 0.717) is 12.5 Å². The molecule has 2 heterocycles. The molecular formula is C15H18N4O2. The van der Waals surface area contributed by atoms with Crippen LogP contribution in [0.1, 0.15) is 19.3 Å². The van der Waals surface area contributed by atoms with Crippen molar-refractivity contribution in [2.45, 2.75) is 25.3 Å². The van der Waals surface area contributed by atoms with Crippen LogP contribution in [0.3, 0.4) is 0 Å². The van der Waals surface area contributed by atoms with Gasteiger partial charge in [-0.3, -0.25) is 9.36 Å². The summed E-state index contributed by atoms with van der Waals surface area (Å²) in [6.45, 7) is 0.998. The van der Waals surface area contributed by atoms with Crippen molar-refractivity contribution in [1.82, 2.24) is 14.9 Å². The fraction of sp³-hybridized carbons (Fsp3) is 0.333. The molecule has 6 nitrogen and oxygen atoms in total. The SMILES string of the molecule is O=C(CC1CCCN1)Nc1ccc(-n2cc[nH]c2=O)cc1. The molecular weight excluding hydrogens is 268 g/mol. The van der Waals surface area contributed by atoms with Crippen molar-refractivity contribution in [3.8, 4) is 5.69 Å². The van der Waals surface area contributed by atoms with E-state index in [-0.39, 0.29) is 11.6 Å². The summed E-state index contributed by atoms with van der Waals surface area (Å²) >= 11 is 0. The number of amides is 1. The zero-order valence-electron chi connectivity index (χ0n) is 11.6. The van der Waals surface area contributed by atoms with E-state index in [1.807, 2.05) is 0 Å². The monoisotopic (exact) mass is 286 g/mol. The number of anilines is 1. The van der Waals surface area contributed by atoms with E-state index in [9.17, 15) is 9.59 Å². The Labute approximate surface area is 122 Å². The lowest BCUT2D eigenvalue weighted by atomic mass is 10.1. The molecule has 6 heteroatoms. The van der Waals surface area contributed by atoms with Crippen LogP contribution in [0.2, 0.25) is 0 Å². The predicted molar refractivity (Wildman–Crippen MR) is 80.7 cm³/mol. The number of hydrogen-bond donors (Lipinski definition) is 3. The number of imidazole rings is 1. The predicted octanol–water partition coefficient (Wildman–Crippen LogP) is 1.25. The molecule has 1 atom stereocenters. The van der Waals surface area contributed by atoms with E-state index in [2.05, 4.69) is 15.6 Å². The quantitative estimate of drug-likeness (QED) is 0.791. The number of hydrogen-bond acceptors (Lipinski definition) is 3. The third-order valence-corrected chi connectivity index (χ3v) is 3.67. The smallest absolute Gasteiger partial charge is 0.326 e. The van der Waals surface area contributed by atoms with Crippen LogP contribution in [0.15, 0.2) is 41.5 Å². The number of carbonyl (C=O) groups is 1. The molecule has 1 saturated heterocycles. The molecule has 0 radical (unpaired) electrons. The molecule has 21 heavy (non-hydrogen) atoms. The van der Waals surface area contributed by atoms with Gasteiger partial charge in [0.05, 0.1) is 5.69 Å². The van der Waals surface area contributed by atoms with Gasteiger partial charge in [0, 0.05) is 30.5 Å². The molecule has 1 fully saturated rings. The third-order valence-electron chi connectivity index (χ3n) is 3.67. The highest BCUT2D eigenvalue weighted by atomic mass is 16.2. The van der Waals surface area contributed by atoms with E-state index in [4.69, 9.17) is 0 Å². The summed E-state index contributed by atoms with van der Waals surface area (Å²) in [5.41, 5.74) is 1.32. The number of aromatic amines is 1. The molecule has 0 bridgehead atoms. The Bertz CT molecular complexity index is 665. The van der Waals surface area contributed by atoms with Crippen LogP contribution in [0.4, 0.5) is 5.69 Å². The van der Waals surface area contributed by atoms with Gasteiger partial charge in [-0.15, -0.1) is 0 Å². The van der Waals surface area contributed by atoms with Gasteiger partial charge in [0.15, 0.2) is 0 Å². The molecule has 1 amide bonds. The second-order valence-corrected chi connectivity index (χ2v) is 5.23. The van der Waals surface area contributed by atoms with Crippen LogP contribution < -0.4 is 16.3 Å². The van der Waals surface area contributed by atoms with Gasteiger partial charge in [-0.25, -0.2) is 4.79 Å². The van der Waals surface area contributed by atoms with Crippen LogP contribution in [-0.4, -0.2) is 28.0 Å². The van der Waals surface area contributed by atoms with Crippen molar-refractivity contribution in [3.63, 3.8) is 0 Å². The summed E-state index contributed by atoms with van der Waals surface area (Å²) in [7, 11) is 0. The normalized spacial score (nSPS) is 17.8. The van der Waals surface area contributed by atoms with Gasteiger partial charge in [0.25, 0.3) is 0 Å². The van der Waals surface area contributed by atoms with Crippen LogP contribution in [-0.2, 0) is 4.79 Å². The molecule has 1 unspecified atom stereocenters. The molecule has 110 valence electrons. The summed E-state index contributed by atoms with van der Waals surface area (Å²) in [4.78, 5) is 26.0. The summed E-state index contributed by atoms with van der Waals surface area (Å²) in [6, 6.07) is 7.50. The number of benzene rings is 1.